The second kappa shape index (κ2) is 10.7. The average molecular weight is 531 g/mol. The average Bonchev–Trinajstić information content (AvgIpc) is 3.23. The van der Waals surface area contributed by atoms with Gasteiger partial charge >= 0.3 is 5.69 Å². The Hall–Kier alpha value is -3.20. The number of ether oxygens (including phenoxy) is 1. The number of hydrogen-bond acceptors (Lipinski definition) is 4. The molecule has 1 N–H and O–H groups in total. The number of anilines is 1. The Kier molecular flexibility index (Phi) is 7.33. The van der Waals surface area contributed by atoms with Crippen LogP contribution in [0.5, 0.6) is 5.75 Å². The first-order chi connectivity index (χ1) is 17.8. The summed E-state index contributed by atoms with van der Waals surface area (Å²) in [6.07, 6.45) is 7.61. The van der Waals surface area contributed by atoms with E-state index in [0.717, 1.165) is 55.3 Å². The van der Waals surface area contributed by atoms with Crippen LogP contribution in [0.25, 0.3) is 5.69 Å². The number of carbonyl (C=O) groups excluding carboxylic acids is 1. The summed E-state index contributed by atoms with van der Waals surface area (Å²) in [6, 6.07) is 6.00. The SMILES string of the molecule is CC(Oc1cc(-n2nc3n(c2=O)CCCC3)c(F)cc1C(=O)Nc1ccc(F)cc1Cl)C1CCCCC1. The van der Waals surface area contributed by atoms with Crippen LogP contribution >= 0.6 is 11.6 Å². The van der Waals surface area contributed by atoms with E-state index in [1.54, 1.807) is 4.57 Å². The molecule has 0 bridgehead atoms. The molecule has 0 saturated heterocycles. The van der Waals surface area contributed by atoms with Crippen molar-refractivity contribution in [2.75, 3.05) is 5.32 Å². The maximum absolute atomic E-state index is 15.5. The van der Waals surface area contributed by atoms with Gasteiger partial charge < -0.3 is 10.1 Å². The molecule has 5 rings (SSSR count). The molecule has 1 unspecified atom stereocenters. The van der Waals surface area contributed by atoms with Gasteiger partial charge in [-0.15, -0.1) is 5.10 Å². The summed E-state index contributed by atoms with van der Waals surface area (Å²) in [6.45, 7) is 2.48. The Morgan fingerprint density at radius 1 is 1.14 bits per heavy atom. The first kappa shape index (κ1) is 25.4. The lowest BCUT2D eigenvalue weighted by molar-refractivity contribution is 0.0997. The van der Waals surface area contributed by atoms with Gasteiger partial charge in [0.25, 0.3) is 5.91 Å². The summed E-state index contributed by atoms with van der Waals surface area (Å²) in [5, 5.41) is 7.00. The fourth-order valence-electron chi connectivity index (χ4n) is 5.22. The molecule has 7 nitrogen and oxygen atoms in total. The minimum absolute atomic E-state index is 0.0126. The third kappa shape index (κ3) is 5.28. The van der Waals surface area contributed by atoms with Gasteiger partial charge in [0.2, 0.25) is 0 Å². The van der Waals surface area contributed by atoms with Crippen LogP contribution in [-0.4, -0.2) is 26.4 Å². The van der Waals surface area contributed by atoms with Crippen LogP contribution in [0.4, 0.5) is 14.5 Å². The zero-order valence-electron chi connectivity index (χ0n) is 20.6. The van der Waals surface area contributed by atoms with Crippen molar-refractivity contribution in [3.8, 4) is 11.4 Å². The van der Waals surface area contributed by atoms with E-state index in [9.17, 15) is 14.0 Å². The van der Waals surface area contributed by atoms with E-state index in [-0.39, 0.29) is 33.8 Å². The van der Waals surface area contributed by atoms with Crippen molar-refractivity contribution in [1.29, 1.82) is 0 Å². The van der Waals surface area contributed by atoms with Gasteiger partial charge in [-0.3, -0.25) is 9.36 Å². The highest BCUT2D eigenvalue weighted by Crippen LogP contribution is 2.33. The molecule has 0 radical (unpaired) electrons. The van der Waals surface area contributed by atoms with E-state index in [1.165, 1.54) is 24.6 Å². The molecule has 196 valence electrons. The monoisotopic (exact) mass is 530 g/mol. The quantitative estimate of drug-likeness (QED) is 0.430. The molecule has 0 spiro atoms. The maximum Gasteiger partial charge on any atom is 0.350 e. The summed E-state index contributed by atoms with van der Waals surface area (Å²) >= 11 is 6.08. The smallest absolute Gasteiger partial charge is 0.350 e. The zero-order valence-corrected chi connectivity index (χ0v) is 21.4. The van der Waals surface area contributed by atoms with Crippen LogP contribution in [0.15, 0.2) is 35.1 Å². The van der Waals surface area contributed by atoms with E-state index in [0.29, 0.717) is 24.7 Å². The Bertz CT molecular complexity index is 1380. The van der Waals surface area contributed by atoms with Crippen molar-refractivity contribution in [3.05, 3.63) is 68.9 Å². The number of carbonyl (C=O) groups is 1. The Labute approximate surface area is 218 Å². The molecular weight excluding hydrogens is 502 g/mol. The molecule has 1 amide bonds. The number of hydrogen-bond donors (Lipinski definition) is 1. The second-order valence-corrected chi connectivity index (χ2v) is 10.2. The van der Waals surface area contributed by atoms with Gasteiger partial charge in [0, 0.05) is 19.0 Å². The van der Waals surface area contributed by atoms with Gasteiger partial charge in [0.15, 0.2) is 0 Å². The molecule has 2 aliphatic rings. The first-order valence-corrected chi connectivity index (χ1v) is 13.2. The van der Waals surface area contributed by atoms with E-state index in [4.69, 9.17) is 16.3 Å². The lowest BCUT2D eigenvalue weighted by Gasteiger charge is -2.29. The molecule has 1 aliphatic carbocycles. The van der Waals surface area contributed by atoms with Crippen LogP contribution in [0.2, 0.25) is 5.02 Å². The van der Waals surface area contributed by atoms with E-state index >= 15 is 4.39 Å². The van der Waals surface area contributed by atoms with Gasteiger partial charge in [-0.05, 0) is 62.8 Å². The summed E-state index contributed by atoms with van der Waals surface area (Å²) < 4.78 is 37.8. The Morgan fingerprint density at radius 2 is 1.92 bits per heavy atom. The number of fused-ring (bicyclic) bond motifs is 1. The molecule has 37 heavy (non-hydrogen) atoms. The molecule has 1 saturated carbocycles. The molecule has 2 aromatic carbocycles. The zero-order chi connectivity index (χ0) is 26.1. The van der Waals surface area contributed by atoms with Crippen molar-refractivity contribution in [2.24, 2.45) is 5.92 Å². The van der Waals surface area contributed by atoms with Crippen molar-refractivity contribution in [2.45, 2.75) is 70.9 Å². The van der Waals surface area contributed by atoms with Gasteiger partial charge in [-0.25, -0.2) is 13.6 Å². The number of aromatic nitrogens is 3. The molecular formula is C27H29ClF2N4O3. The van der Waals surface area contributed by atoms with Gasteiger partial charge in [-0.1, -0.05) is 30.9 Å². The highest BCUT2D eigenvalue weighted by molar-refractivity contribution is 6.34. The number of aryl methyl sites for hydroxylation is 1. The number of amides is 1. The standard InChI is InChI=1S/C27H29ClF2N4O3/c1-16(17-7-3-2-4-8-17)37-24-15-23(34-27(36)33-12-6-5-9-25(33)32-34)21(30)14-19(24)26(35)31-22-11-10-18(29)13-20(22)28/h10-11,13-17H,2-9,12H2,1H3,(H,31,35). The largest absolute Gasteiger partial charge is 0.490 e. The summed E-state index contributed by atoms with van der Waals surface area (Å²) in [7, 11) is 0. The van der Waals surface area contributed by atoms with Crippen LogP contribution in [0, 0.1) is 17.6 Å². The fourth-order valence-corrected chi connectivity index (χ4v) is 5.43. The topological polar surface area (TPSA) is 78.2 Å². The normalized spacial score (nSPS) is 16.8. The fraction of sp³-hybridized carbons (Fsp3) is 0.444. The summed E-state index contributed by atoms with van der Waals surface area (Å²) in [5.41, 5.74) is -0.368. The van der Waals surface area contributed by atoms with Crippen molar-refractivity contribution in [1.82, 2.24) is 14.3 Å². The maximum atomic E-state index is 15.5. The minimum atomic E-state index is -0.787. The Morgan fingerprint density at radius 3 is 2.65 bits per heavy atom. The number of rotatable bonds is 6. The molecule has 1 aliphatic heterocycles. The third-order valence-electron chi connectivity index (χ3n) is 7.30. The Balaban J connectivity index is 1.53. The number of nitrogens with zero attached hydrogens (tertiary/aromatic N) is 3. The molecule has 1 atom stereocenters. The second-order valence-electron chi connectivity index (χ2n) is 9.82. The number of benzene rings is 2. The van der Waals surface area contributed by atoms with Crippen LogP contribution < -0.4 is 15.7 Å². The minimum Gasteiger partial charge on any atom is -0.490 e. The van der Waals surface area contributed by atoms with Gasteiger partial charge in [-0.2, -0.15) is 4.68 Å². The predicted octanol–water partition coefficient (Wildman–Crippen LogP) is 5.90. The highest BCUT2D eigenvalue weighted by Gasteiger charge is 2.27. The van der Waals surface area contributed by atoms with Gasteiger partial charge in [0.1, 0.15) is 28.9 Å². The van der Waals surface area contributed by atoms with Gasteiger partial charge in [0.05, 0.1) is 22.4 Å². The van der Waals surface area contributed by atoms with Crippen molar-refractivity contribution in [3.63, 3.8) is 0 Å². The van der Waals surface area contributed by atoms with E-state index in [2.05, 4.69) is 10.4 Å². The highest BCUT2D eigenvalue weighted by atomic mass is 35.5. The first-order valence-electron chi connectivity index (χ1n) is 12.8. The number of nitrogens with one attached hydrogen (secondary N) is 1. The van der Waals surface area contributed by atoms with Crippen molar-refractivity contribution < 1.29 is 18.3 Å². The lowest BCUT2D eigenvalue weighted by Crippen LogP contribution is -2.28. The molecule has 1 aromatic heterocycles. The molecule has 2 heterocycles. The summed E-state index contributed by atoms with van der Waals surface area (Å²) in [5.74, 6) is -0.944. The van der Waals surface area contributed by atoms with Crippen LogP contribution in [0.1, 0.15) is 68.1 Å². The summed E-state index contributed by atoms with van der Waals surface area (Å²) in [4.78, 5) is 26.3. The molecule has 10 heteroatoms. The van der Waals surface area contributed by atoms with E-state index in [1.807, 2.05) is 6.92 Å². The van der Waals surface area contributed by atoms with Crippen LogP contribution in [-0.2, 0) is 13.0 Å². The predicted molar refractivity (Wildman–Crippen MR) is 137 cm³/mol. The van der Waals surface area contributed by atoms with Crippen molar-refractivity contribution >= 4 is 23.2 Å². The van der Waals surface area contributed by atoms with Crippen LogP contribution in [0.3, 0.4) is 0 Å². The number of halogens is 3. The molecule has 3 aromatic rings. The molecule has 1 fully saturated rings. The third-order valence-corrected chi connectivity index (χ3v) is 7.61. The lowest BCUT2D eigenvalue weighted by atomic mass is 9.86. The van der Waals surface area contributed by atoms with E-state index < -0.39 is 23.2 Å².